The molecule has 2 amide bonds. The standard InChI is InChI=1S/C23H26FN3O2/c1-17-2-3-19(14-20(17)24)22(29)26-12-8-23(9-13-26)7-4-21(28)27(16-23)15-18-5-10-25-11-6-18/h2-3,5-6,10-11,14H,4,7-9,12-13,15-16H2,1H3. The quantitative estimate of drug-likeness (QED) is 0.798. The van der Waals surface area contributed by atoms with Gasteiger partial charge in [0.05, 0.1) is 0 Å². The zero-order valence-corrected chi connectivity index (χ0v) is 16.7. The van der Waals surface area contributed by atoms with Gasteiger partial charge in [-0.05, 0) is 67.0 Å². The van der Waals surface area contributed by atoms with Crippen LogP contribution in [0.5, 0.6) is 0 Å². The van der Waals surface area contributed by atoms with Crippen LogP contribution < -0.4 is 0 Å². The highest BCUT2D eigenvalue weighted by atomic mass is 19.1. The average Bonchev–Trinajstić information content (AvgIpc) is 2.74. The molecule has 2 aromatic rings. The minimum absolute atomic E-state index is 0.0657. The van der Waals surface area contributed by atoms with E-state index in [1.165, 1.54) is 6.07 Å². The first kappa shape index (κ1) is 19.6. The summed E-state index contributed by atoms with van der Waals surface area (Å²) < 4.78 is 13.8. The molecule has 1 aromatic heterocycles. The SMILES string of the molecule is Cc1ccc(C(=O)N2CCC3(CCC(=O)N(Cc4ccncc4)C3)CC2)cc1F. The van der Waals surface area contributed by atoms with Crippen LogP contribution in [0.3, 0.4) is 0 Å². The largest absolute Gasteiger partial charge is 0.339 e. The van der Waals surface area contributed by atoms with Gasteiger partial charge in [0.2, 0.25) is 5.91 Å². The highest BCUT2D eigenvalue weighted by molar-refractivity contribution is 5.94. The smallest absolute Gasteiger partial charge is 0.253 e. The Labute approximate surface area is 170 Å². The van der Waals surface area contributed by atoms with E-state index in [4.69, 9.17) is 0 Å². The molecule has 2 saturated heterocycles. The molecule has 4 rings (SSSR count). The van der Waals surface area contributed by atoms with E-state index in [-0.39, 0.29) is 23.0 Å². The first-order valence-corrected chi connectivity index (χ1v) is 10.2. The van der Waals surface area contributed by atoms with Crippen LogP contribution in [-0.4, -0.2) is 46.2 Å². The normalized spacial score (nSPS) is 18.9. The Hall–Kier alpha value is -2.76. The van der Waals surface area contributed by atoms with Gasteiger partial charge in [0.1, 0.15) is 5.82 Å². The summed E-state index contributed by atoms with van der Waals surface area (Å²) in [5, 5.41) is 0. The zero-order chi connectivity index (χ0) is 20.4. The van der Waals surface area contributed by atoms with Gasteiger partial charge in [-0.15, -0.1) is 0 Å². The molecule has 2 aliphatic rings. The van der Waals surface area contributed by atoms with E-state index in [0.29, 0.717) is 37.2 Å². The lowest BCUT2D eigenvalue weighted by Crippen LogP contribution is -2.52. The van der Waals surface area contributed by atoms with Crippen LogP contribution in [0.1, 0.15) is 47.2 Å². The summed E-state index contributed by atoms with van der Waals surface area (Å²) in [6.07, 6.45) is 6.66. The average molecular weight is 395 g/mol. The molecule has 3 heterocycles. The number of nitrogens with zero attached hydrogens (tertiary/aromatic N) is 3. The molecule has 0 saturated carbocycles. The van der Waals surface area contributed by atoms with E-state index >= 15 is 0 Å². The minimum atomic E-state index is -0.345. The van der Waals surface area contributed by atoms with Gasteiger partial charge in [0, 0.05) is 50.6 Å². The number of likely N-dealkylation sites (tertiary alicyclic amines) is 2. The maximum absolute atomic E-state index is 13.8. The Morgan fingerprint density at radius 3 is 2.55 bits per heavy atom. The lowest BCUT2D eigenvalue weighted by Gasteiger charge is -2.47. The second kappa shape index (κ2) is 7.93. The number of rotatable bonds is 3. The molecular formula is C23H26FN3O2. The number of piperidine rings is 2. The molecular weight excluding hydrogens is 369 g/mol. The van der Waals surface area contributed by atoms with Crippen molar-refractivity contribution >= 4 is 11.8 Å². The second-order valence-electron chi connectivity index (χ2n) is 8.36. The van der Waals surface area contributed by atoms with Crippen LogP contribution in [0.15, 0.2) is 42.7 Å². The van der Waals surface area contributed by atoms with E-state index in [2.05, 4.69) is 4.98 Å². The Bertz CT molecular complexity index is 908. The Morgan fingerprint density at radius 1 is 1.14 bits per heavy atom. The zero-order valence-electron chi connectivity index (χ0n) is 16.7. The number of halogens is 1. The van der Waals surface area contributed by atoms with E-state index in [1.54, 1.807) is 31.5 Å². The summed E-state index contributed by atoms with van der Waals surface area (Å²) in [6, 6.07) is 8.56. The van der Waals surface area contributed by atoms with E-state index in [1.807, 2.05) is 21.9 Å². The van der Waals surface area contributed by atoms with Crippen molar-refractivity contribution in [3.8, 4) is 0 Å². The van der Waals surface area contributed by atoms with Gasteiger partial charge in [-0.3, -0.25) is 14.6 Å². The summed E-state index contributed by atoms with van der Waals surface area (Å²) in [5.74, 6) is -0.262. The summed E-state index contributed by atoms with van der Waals surface area (Å²) in [4.78, 5) is 33.0. The van der Waals surface area contributed by atoms with E-state index < -0.39 is 0 Å². The molecule has 29 heavy (non-hydrogen) atoms. The number of aryl methyl sites for hydroxylation is 1. The molecule has 5 nitrogen and oxygen atoms in total. The van der Waals surface area contributed by atoms with Crippen LogP contribution >= 0.6 is 0 Å². The Morgan fingerprint density at radius 2 is 1.86 bits per heavy atom. The second-order valence-corrected chi connectivity index (χ2v) is 8.36. The van der Waals surface area contributed by atoms with Crippen molar-refractivity contribution in [3.63, 3.8) is 0 Å². The fraction of sp³-hybridized carbons (Fsp3) is 0.435. The highest BCUT2D eigenvalue weighted by Gasteiger charge is 2.41. The number of carbonyl (C=O) groups excluding carboxylic acids is 2. The molecule has 152 valence electrons. The molecule has 0 radical (unpaired) electrons. The number of aromatic nitrogens is 1. The third-order valence-corrected chi connectivity index (χ3v) is 6.40. The monoisotopic (exact) mass is 395 g/mol. The van der Waals surface area contributed by atoms with Gasteiger partial charge >= 0.3 is 0 Å². The van der Waals surface area contributed by atoms with Crippen molar-refractivity contribution in [1.82, 2.24) is 14.8 Å². The van der Waals surface area contributed by atoms with E-state index in [9.17, 15) is 14.0 Å². The number of pyridine rings is 1. The van der Waals surface area contributed by atoms with Gasteiger partial charge < -0.3 is 9.80 Å². The van der Waals surface area contributed by atoms with Gasteiger partial charge in [0.25, 0.3) is 5.91 Å². The fourth-order valence-electron chi connectivity index (χ4n) is 4.46. The summed E-state index contributed by atoms with van der Waals surface area (Å²) in [6.45, 7) is 4.32. The summed E-state index contributed by atoms with van der Waals surface area (Å²) >= 11 is 0. The summed E-state index contributed by atoms with van der Waals surface area (Å²) in [5.41, 5.74) is 2.10. The molecule has 0 bridgehead atoms. The predicted molar refractivity (Wildman–Crippen MR) is 108 cm³/mol. The third-order valence-electron chi connectivity index (χ3n) is 6.40. The van der Waals surface area contributed by atoms with Crippen molar-refractivity contribution in [1.29, 1.82) is 0 Å². The van der Waals surface area contributed by atoms with Gasteiger partial charge in [0.15, 0.2) is 0 Å². The first-order chi connectivity index (χ1) is 14.0. The summed E-state index contributed by atoms with van der Waals surface area (Å²) in [7, 11) is 0. The fourth-order valence-corrected chi connectivity index (χ4v) is 4.46. The first-order valence-electron chi connectivity index (χ1n) is 10.2. The van der Waals surface area contributed by atoms with Crippen molar-refractivity contribution in [2.75, 3.05) is 19.6 Å². The number of hydrogen-bond donors (Lipinski definition) is 0. The van der Waals surface area contributed by atoms with Crippen LogP contribution in [0.2, 0.25) is 0 Å². The highest BCUT2D eigenvalue weighted by Crippen LogP contribution is 2.40. The van der Waals surface area contributed by atoms with Gasteiger partial charge in [-0.1, -0.05) is 6.07 Å². The third kappa shape index (κ3) is 4.16. The molecule has 2 fully saturated rings. The molecule has 0 N–H and O–H groups in total. The number of benzene rings is 1. The van der Waals surface area contributed by atoms with E-state index in [0.717, 1.165) is 31.4 Å². The number of hydrogen-bond acceptors (Lipinski definition) is 3. The molecule has 6 heteroatoms. The molecule has 0 atom stereocenters. The molecule has 2 aliphatic heterocycles. The van der Waals surface area contributed by atoms with Crippen LogP contribution in [0.25, 0.3) is 0 Å². The van der Waals surface area contributed by atoms with Crippen LogP contribution in [0, 0.1) is 18.2 Å². The Balaban J connectivity index is 1.40. The molecule has 0 unspecified atom stereocenters. The number of carbonyl (C=O) groups is 2. The van der Waals surface area contributed by atoms with Crippen LogP contribution in [0.4, 0.5) is 4.39 Å². The van der Waals surface area contributed by atoms with Crippen molar-refractivity contribution in [2.45, 2.75) is 39.2 Å². The maximum Gasteiger partial charge on any atom is 0.253 e. The predicted octanol–water partition coefficient (Wildman–Crippen LogP) is 3.57. The minimum Gasteiger partial charge on any atom is -0.339 e. The van der Waals surface area contributed by atoms with Crippen molar-refractivity contribution < 1.29 is 14.0 Å². The van der Waals surface area contributed by atoms with Gasteiger partial charge in [-0.25, -0.2) is 4.39 Å². The maximum atomic E-state index is 13.8. The van der Waals surface area contributed by atoms with Crippen LogP contribution in [-0.2, 0) is 11.3 Å². The molecule has 1 aromatic carbocycles. The van der Waals surface area contributed by atoms with Gasteiger partial charge in [-0.2, -0.15) is 0 Å². The van der Waals surface area contributed by atoms with Crippen molar-refractivity contribution in [3.05, 3.63) is 65.2 Å². The topological polar surface area (TPSA) is 53.5 Å². The lowest BCUT2D eigenvalue weighted by atomic mass is 9.72. The Kier molecular flexibility index (Phi) is 5.35. The van der Waals surface area contributed by atoms with Crippen molar-refractivity contribution in [2.24, 2.45) is 5.41 Å². The number of amides is 2. The molecule has 0 aliphatic carbocycles. The molecule has 1 spiro atoms. The lowest BCUT2D eigenvalue weighted by molar-refractivity contribution is -0.139.